The Morgan fingerprint density at radius 1 is 1.23 bits per heavy atom. The van der Waals surface area contributed by atoms with Crippen molar-refractivity contribution < 1.29 is 22.7 Å². The minimum Gasteiger partial charge on any atom is -0.448 e. The van der Waals surface area contributed by atoms with E-state index in [2.05, 4.69) is 5.32 Å². The van der Waals surface area contributed by atoms with Gasteiger partial charge in [-0.2, -0.15) is 0 Å². The highest BCUT2D eigenvalue weighted by Gasteiger charge is 2.23. The zero-order chi connectivity index (χ0) is 18.9. The molecule has 0 aliphatic heterocycles. The third-order valence-corrected chi connectivity index (χ3v) is 6.20. The number of amides is 1. The van der Waals surface area contributed by atoms with Crippen molar-refractivity contribution in [3.8, 4) is 0 Å². The van der Waals surface area contributed by atoms with Gasteiger partial charge in [-0.05, 0) is 62.1 Å². The fourth-order valence-corrected chi connectivity index (χ4v) is 4.33. The second-order valence-electron chi connectivity index (χ2n) is 6.02. The quantitative estimate of drug-likeness (QED) is 0.753. The molecule has 0 spiro atoms. The Balaban J connectivity index is 1.59. The van der Waals surface area contributed by atoms with Gasteiger partial charge in [-0.15, -0.1) is 11.3 Å². The summed E-state index contributed by atoms with van der Waals surface area (Å²) in [6.07, 6.45) is 2.08. The maximum absolute atomic E-state index is 12.2. The van der Waals surface area contributed by atoms with E-state index in [9.17, 15) is 18.0 Å². The lowest BCUT2D eigenvalue weighted by Gasteiger charge is -2.13. The van der Waals surface area contributed by atoms with E-state index in [-0.39, 0.29) is 4.90 Å². The van der Waals surface area contributed by atoms with Gasteiger partial charge in [-0.1, -0.05) is 0 Å². The fourth-order valence-electron chi connectivity index (χ4n) is 2.67. The van der Waals surface area contributed by atoms with Crippen LogP contribution >= 0.6 is 11.3 Å². The van der Waals surface area contributed by atoms with E-state index in [1.54, 1.807) is 0 Å². The molecule has 26 heavy (non-hydrogen) atoms. The van der Waals surface area contributed by atoms with Gasteiger partial charge in [0.25, 0.3) is 5.91 Å². The van der Waals surface area contributed by atoms with Crippen LogP contribution in [0.25, 0.3) is 0 Å². The molecule has 0 radical (unpaired) electrons. The highest BCUT2D eigenvalue weighted by atomic mass is 32.2. The molecule has 2 aromatic rings. The lowest BCUT2D eigenvalue weighted by molar-refractivity contribution is -0.123. The topological polar surface area (TPSA) is 116 Å². The molecule has 0 saturated carbocycles. The van der Waals surface area contributed by atoms with Crippen molar-refractivity contribution >= 4 is 38.9 Å². The molecule has 1 aliphatic rings. The van der Waals surface area contributed by atoms with E-state index < -0.39 is 28.0 Å². The molecule has 0 bridgehead atoms. The minimum atomic E-state index is -3.79. The predicted molar refractivity (Wildman–Crippen MR) is 97.7 cm³/mol. The largest absolute Gasteiger partial charge is 0.448 e. The van der Waals surface area contributed by atoms with Crippen molar-refractivity contribution in [2.24, 2.45) is 5.14 Å². The molecule has 1 aromatic heterocycles. The lowest BCUT2D eigenvalue weighted by Crippen LogP contribution is -2.29. The first-order valence-electron chi connectivity index (χ1n) is 8.00. The Morgan fingerprint density at radius 3 is 2.54 bits per heavy atom. The van der Waals surface area contributed by atoms with Gasteiger partial charge >= 0.3 is 5.97 Å². The van der Waals surface area contributed by atoms with E-state index in [1.165, 1.54) is 53.0 Å². The number of sulfonamides is 1. The van der Waals surface area contributed by atoms with E-state index >= 15 is 0 Å². The van der Waals surface area contributed by atoms with Gasteiger partial charge in [-0.25, -0.2) is 18.4 Å². The number of thiophene rings is 1. The summed E-state index contributed by atoms with van der Waals surface area (Å²) in [6, 6.07) is 7.24. The van der Waals surface area contributed by atoms with E-state index in [0.29, 0.717) is 10.6 Å². The molecule has 1 aromatic carbocycles. The van der Waals surface area contributed by atoms with E-state index in [0.717, 1.165) is 19.3 Å². The molecule has 7 nitrogen and oxygen atoms in total. The van der Waals surface area contributed by atoms with Crippen LogP contribution < -0.4 is 10.5 Å². The zero-order valence-corrected chi connectivity index (χ0v) is 15.7. The first-order valence-corrected chi connectivity index (χ1v) is 10.4. The number of esters is 1. The highest BCUT2D eigenvalue weighted by Crippen LogP contribution is 2.31. The summed E-state index contributed by atoms with van der Waals surface area (Å²) in [4.78, 5) is 26.0. The number of hydrogen-bond donors (Lipinski definition) is 2. The number of ether oxygens (including phenoxy) is 1. The number of nitrogens with two attached hydrogens (primary N) is 1. The van der Waals surface area contributed by atoms with Crippen molar-refractivity contribution in [3.63, 3.8) is 0 Å². The van der Waals surface area contributed by atoms with Crippen LogP contribution in [0.4, 0.5) is 5.69 Å². The van der Waals surface area contributed by atoms with Crippen LogP contribution in [0.1, 0.15) is 33.5 Å². The number of hydrogen-bond acceptors (Lipinski definition) is 6. The van der Waals surface area contributed by atoms with Crippen LogP contribution in [-0.4, -0.2) is 26.4 Å². The first-order chi connectivity index (χ1) is 12.2. The molecule has 1 amide bonds. The van der Waals surface area contributed by atoms with Gasteiger partial charge in [0.05, 0.1) is 4.90 Å². The standard InChI is InChI=1S/C17H18N2O5S2/c1-10(24-17(21)15-9-11-3-2-4-14(11)25-15)16(20)19-12-5-7-13(8-6-12)26(18,22)23/h5-10H,2-4H2,1H3,(H,19,20)(H2,18,22,23)/t10-/m0/s1. The number of primary sulfonamides is 1. The van der Waals surface area contributed by atoms with Crippen molar-refractivity contribution in [2.75, 3.05) is 5.32 Å². The van der Waals surface area contributed by atoms with Gasteiger partial charge in [0.1, 0.15) is 4.88 Å². The Labute approximate surface area is 155 Å². The Bertz CT molecular complexity index is 927. The molecule has 1 atom stereocenters. The molecule has 1 heterocycles. The number of benzene rings is 1. The van der Waals surface area contributed by atoms with E-state index in [4.69, 9.17) is 9.88 Å². The van der Waals surface area contributed by atoms with Crippen LogP contribution in [0.3, 0.4) is 0 Å². The summed E-state index contributed by atoms with van der Waals surface area (Å²) < 4.78 is 27.7. The molecule has 1 aliphatic carbocycles. The van der Waals surface area contributed by atoms with Crippen molar-refractivity contribution in [1.29, 1.82) is 0 Å². The highest BCUT2D eigenvalue weighted by molar-refractivity contribution is 7.89. The summed E-state index contributed by atoms with van der Waals surface area (Å²) in [5, 5.41) is 7.59. The van der Waals surface area contributed by atoms with Crippen LogP contribution in [0.5, 0.6) is 0 Å². The normalized spacial score (nSPS) is 14.5. The van der Waals surface area contributed by atoms with Crippen molar-refractivity contribution in [1.82, 2.24) is 0 Å². The van der Waals surface area contributed by atoms with Crippen molar-refractivity contribution in [3.05, 3.63) is 45.6 Å². The molecule has 9 heteroatoms. The summed E-state index contributed by atoms with van der Waals surface area (Å²) in [7, 11) is -3.79. The van der Waals surface area contributed by atoms with Gasteiger partial charge in [0.2, 0.25) is 10.0 Å². The molecule has 0 unspecified atom stereocenters. The third kappa shape index (κ3) is 4.12. The summed E-state index contributed by atoms with van der Waals surface area (Å²) in [5.74, 6) is -1.03. The monoisotopic (exact) mass is 394 g/mol. The molecule has 3 N–H and O–H groups in total. The van der Waals surface area contributed by atoms with Crippen LogP contribution in [-0.2, 0) is 32.4 Å². The predicted octanol–water partition coefficient (Wildman–Crippen LogP) is 2.07. The fraction of sp³-hybridized carbons (Fsp3) is 0.294. The third-order valence-electron chi connectivity index (χ3n) is 4.05. The summed E-state index contributed by atoms with van der Waals surface area (Å²) in [5.41, 5.74) is 1.56. The smallest absolute Gasteiger partial charge is 0.349 e. The molecule has 3 rings (SSSR count). The molecular formula is C17H18N2O5S2. The molecular weight excluding hydrogens is 376 g/mol. The Hall–Kier alpha value is -2.23. The SMILES string of the molecule is C[C@H](OC(=O)c1cc2c(s1)CCC2)C(=O)Nc1ccc(S(N)(=O)=O)cc1. The maximum Gasteiger partial charge on any atom is 0.349 e. The van der Waals surface area contributed by atoms with Gasteiger partial charge in [0, 0.05) is 10.6 Å². The zero-order valence-electron chi connectivity index (χ0n) is 14.0. The number of fused-ring (bicyclic) bond motifs is 1. The molecule has 0 saturated heterocycles. The van der Waals surface area contributed by atoms with Gasteiger partial charge in [-0.3, -0.25) is 4.79 Å². The van der Waals surface area contributed by atoms with Gasteiger partial charge in [0.15, 0.2) is 6.10 Å². The summed E-state index contributed by atoms with van der Waals surface area (Å²) in [6.45, 7) is 1.48. The lowest BCUT2D eigenvalue weighted by atomic mass is 10.2. The Morgan fingerprint density at radius 2 is 1.92 bits per heavy atom. The average molecular weight is 394 g/mol. The second kappa shape index (κ2) is 7.18. The number of carbonyl (C=O) groups is 2. The maximum atomic E-state index is 12.2. The minimum absolute atomic E-state index is 0.0549. The number of carbonyl (C=O) groups excluding carboxylic acids is 2. The second-order valence-corrected chi connectivity index (χ2v) is 8.72. The number of nitrogens with one attached hydrogen (secondary N) is 1. The van der Waals surface area contributed by atoms with Gasteiger partial charge < -0.3 is 10.1 Å². The summed E-state index contributed by atoms with van der Waals surface area (Å²) >= 11 is 1.42. The average Bonchev–Trinajstić information content (AvgIpc) is 3.16. The van der Waals surface area contributed by atoms with Crippen LogP contribution in [0, 0.1) is 0 Å². The first kappa shape index (κ1) is 18.6. The van der Waals surface area contributed by atoms with Crippen molar-refractivity contribution in [2.45, 2.75) is 37.2 Å². The molecule has 0 fully saturated rings. The number of aryl methyl sites for hydroxylation is 2. The number of anilines is 1. The Kier molecular flexibility index (Phi) is 5.12. The van der Waals surface area contributed by atoms with E-state index in [1.807, 2.05) is 6.07 Å². The van der Waals surface area contributed by atoms with Crippen LogP contribution in [0.2, 0.25) is 0 Å². The molecule has 138 valence electrons. The number of rotatable bonds is 5. The van der Waals surface area contributed by atoms with Crippen LogP contribution in [0.15, 0.2) is 35.2 Å².